The first-order valence-electron chi connectivity index (χ1n) is 5.26. The first kappa shape index (κ1) is 10.1. The lowest BCUT2D eigenvalue weighted by Crippen LogP contribution is -2.04. The normalized spacial score (nSPS) is 24.9. The minimum atomic E-state index is 0.847. The van der Waals surface area contributed by atoms with Crippen LogP contribution in [0.2, 0.25) is 0 Å². The molecule has 1 aromatic rings. The van der Waals surface area contributed by atoms with Crippen LogP contribution < -0.4 is 0 Å². The van der Waals surface area contributed by atoms with Gasteiger partial charge in [-0.1, -0.05) is 37.3 Å². The monoisotopic (exact) mass is 207 g/mol. The zero-order chi connectivity index (χ0) is 9.80. The Kier molecular flexibility index (Phi) is 3.49. The number of rotatable bonds is 5. The van der Waals surface area contributed by atoms with E-state index in [9.17, 15) is 0 Å². The summed E-state index contributed by atoms with van der Waals surface area (Å²) < 4.78 is 0. The second-order valence-electron chi connectivity index (χ2n) is 3.73. The molecule has 2 heteroatoms. The van der Waals surface area contributed by atoms with E-state index in [-0.39, 0.29) is 0 Å². The molecule has 0 saturated carbocycles. The van der Waals surface area contributed by atoms with E-state index >= 15 is 0 Å². The van der Waals surface area contributed by atoms with E-state index in [0.29, 0.717) is 0 Å². The second kappa shape index (κ2) is 4.85. The maximum atomic E-state index is 2.54. The zero-order valence-electron chi connectivity index (χ0n) is 8.65. The summed E-state index contributed by atoms with van der Waals surface area (Å²) in [5, 5.41) is 0. The van der Waals surface area contributed by atoms with Crippen LogP contribution in [0.3, 0.4) is 0 Å². The van der Waals surface area contributed by atoms with Crippen molar-refractivity contribution in [2.75, 3.05) is 18.1 Å². The van der Waals surface area contributed by atoms with Crippen LogP contribution in [0.5, 0.6) is 0 Å². The topological polar surface area (TPSA) is 3.01 Å². The van der Waals surface area contributed by atoms with Gasteiger partial charge in [0.1, 0.15) is 0 Å². The Bertz CT molecular complexity index is 273. The van der Waals surface area contributed by atoms with Crippen LogP contribution in [-0.4, -0.2) is 29.0 Å². The Morgan fingerprint density at radius 2 is 2.14 bits per heavy atom. The molecule has 1 unspecified atom stereocenters. The lowest BCUT2D eigenvalue weighted by atomic mass is 10.2. The van der Waals surface area contributed by atoms with Crippen molar-refractivity contribution in [3.05, 3.63) is 35.9 Å². The Morgan fingerprint density at radius 3 is 2.86 bits per heavy atom. The summed E-state index contributed by atoms with van der Waals surface area (Å²) in [5.74, 6) is 2.55. The lowest BCUT2D eigenvalue weighted by Gasteiger charge is -2.03. The fourth-order valence-electron chi connectivity index (χ4n) is 1.65. The first-order chi connectivity index (χ1) is 6.90. The molecule has 14 heavy (non-hydrogen) atoms. The molecule has 0 bridgehead atoms. The van der Waals surface area contributed by atoms with Crippen molar-refractivity contribution < 1.29 is 0 Å². The summed E-state index contributed by atoms with van der Waals surface area (Å²) in [6.07, 6.45) is 0. The molecule has 0 aliphatic carbocycles. The number of hydrogen-bond acceptors (Lipinski definition) is 2. The largest absolute Gasteiger partial charge is 0.292 e. The molecule has 1 aliphatic rings. The highest BCUT2D eigenvalue weighted by Gasteiger charge is 2.32. The summed E-state index contributed by atoms with van der Waals surface area (Å²) >= 11 is 2.05. The number of thioether (sulfide) groups is 1. The standard InChI is InChI=1S/C12H17NS/c1-2-14-10-12-9-13(12)8-11-6-4-3-5-7-11/h3-7,12H,2,8-10H2,1H3/t12-,13?/m1/s1. The third kappa shape index (κ3) is 2.76. The average Bonchev–Trinajstić information content (AvgIpc) is 2.95. The van der Waals surface area contributed by atoms with E-state index in [4.69, 9.17) is 0 Å². The van der Waals surface area contributed by atoms with Crippen LogP contribution >= 0.6 is 11.8 Å². The van der Waals surface area contributed by atoms with Gasteiger partial charge in [0.25, 0.3) is 0 Å². The molecule has 76 valence electrons. The Morgan fingerprint density at radius 1 is 1.36 bits per heavy atom. The number of hydrogen-bond donors (Lipinski definition) is 0. The summed E-state index contributed by atoms with van der Waals surface area (Å²) in [7, 11) is 0. The molecule has 2 rings (SSSR count). The SMILES string of the molecule is CCSC[C@H]1CN1Cc1ccccc1. The van der Waals surface area contributed by atoms with Gasteiger partial charge in [0.15, 0.2) is 0 Å². The number of benzene rings is 1. The van der Waals surface area contributed by atoms with E-state index in [1.165, 1.54) is 23.6 Å². The highest BCUT2D eigenvalue weighted by molar-refractivity contribution is 7.99. The lowest BCUT2D eigenvalue weighted by molar-refractivity contribution is 0.517. The Labute approximate surface area is 90.5 Å². The van der Waals surface area contributed by atoms with Gasteiger partial charge < -0.3 is 0 Å². The van der Waals surface area contributed by atoms with Gasteiger partial charge in [-0.15, -0.1) is 0 Å². The van der Waals surface area contributed by atoms with Crippen LogP contribution in [0, 0.1) is 0 Å². The van der Waals surface area contributed by atoms with Crippen molar-refractivity contribution in [2.45, 2.75) is 19.5 Å². The van der Waals surface area contributed by atoms with Gasteiger partial charge in [0.05, 0.1) is 0 Å². The van der Waals surface area contributed by atoms with Crippen LogP contribution in [0.25, 0.3) is 0 Å². The van der Waals surface area contributed by atoms with Gasteiger partial charge in [0.2, 0.25) is 0 Å². The van der Waals surface area contributed by atoms with Crippen molar-refractivity contribution in [3.8, 4) is 0 Å². The summed E-state index contributed by atoms with van der Waals surface area (Å²) in [5.41, 5.74) is 1.44. The molecule has 0 aromatic heterocycles. The van der Waals surface area contributed by atoms with E-state index < -0.39 is 0 Å². The van der Waals surface area contributed by atoms with Crippen molar-refractivity contribution in [3.63, 3.8) is 0 Å². The van der Waals surface area contributed by atoms with Gasteiger partial charge in [0, 0.05) is 24.9 Å². The molecule has 1 aromatic carbocycles. The molecule has 0 amide bonds. The van der Waals surface area contributed by atoms with Crippen molar-refractivity contribution in [2.24, 2.45) is 0 Å². The number of nitrogens with zero attached hydrogens (tertiary/aromatic N) is 1. The van der Waals surface area contributed by atoms with E-state index in [1.54, 1.807) is 0 Å². The van der Waals surface area contributed by atoms with Gasteiger partial charge in [-0.3, -0.25) is 4.90 Å². The van der Waals surface area contributed by atoms with E-state index in [0.717, 1.165) is 12.6 Å². The minimum absolute atomic E-state index is 0.847. The maximum Gasteiger partial charge on any atom is 0.0318 e. The molecule has 0 radical (unpaired) electrons. The quantitative estimate of drug-likeness (QED) is 0.683. The van der Waals surface area contributed by atoms with Crippen molar-refractivity contribution >= 4 is 11.8 Å². The zero-order valence-corrected chi connectivity index (χ0v) is 9.46. The second-order valence-corrected chi connectivity index (χ2v) is 5.05. The average molecular weight is 207 g/mol. The predicted octanol–water partition coefficient (Wildman–Crippen LogP) is 2.62. The fourth-order valence-corrected chi connectivity index (χ4v) is 2.47. The molecule has 1 heterocycles. The van der Waals surface area contributed by atoms with E-state index in [2.05, 4.69) is 53.9 Å². The summed E-state index contributed by atoms with van der Waals surface area (Å²) in [4.78, 5) is 2.54. The molecular formula is C12H17NS. The van der Waals surface area contributed by atoms with Crippen molar-refractivity contribution in [1.29, 1.82) is 0 Å². The molecule has 1 saturated heterocycles. The van der Waals surface area contributed by atoms with Crippen molar-refractivity contribution in [1.82, 2.24) is 4.90 Å². The highest BCUT2D eigenvalue weighted by atomic mass is 32.2. The van der Waals surface area contributed by atoms with Crippen LogP contribution in [-0.2, 0) is 6.54 Å². The van der Waals surface area contributed by atoms with Crippen LogP contribution in [0.4, 0.5) is 0 Å². The molecule has 1 aliphatic heterocycles. The van der Waals surface area contributed by atoms with Gasteiger partial charge in [-0.25, -0.2) is 0 Å². The van der Waals surface area contributed by atoms with Gasteiger partial charge >= 0.3 is 0 Å². The van der Waals surface area contributed by atoms with Gasteiger partial charge in [-0.2, -0.15) is 11.8 Å². The van der Waals surface area contributed by atoms with Crippen LogP contribution in [0.15, 0.2) is 30.3 Å². The smallest absolute Gasteiger partial charge is 0.0318 e. The van der Waals surface area contributed by atoms with E-state index in [1.807, 2.05) is 0 Å². The molecule has 0 N–H and O–H groups in total. The molecule has 1 nitrogen and oxygen atoms in total. The Hall–Kier alpha value is -0.470. The summed E-state index contributed by atoms with van der Waals surface area (Å²) in [6, 6.07) is 11.6. The van der Waals surface area contributed by atoms with Gasteiger partial charge in [-0.05, 0) is 11.3 Å². The van der Waals surface area contributed by atoms with Crippen LogP contribution in [0.1, 0.15) is 12.5 Å². The minimum Gasteiger partial charge on any atom is -0.292 e. The third-order valence-corrected chi connectivity index (χ3v) is 3.60. The molecule has 0 spiro atoms. The Balaban J connectivity index is 1.74. The fraction of sp³-hybridized carbons (Fsp3) is 0.500. The maximum absolute atomic E-state index is 2.54. The molecule has 1 fully saturated rings. The summed E-state index contributed by atoms with van der Waals surface area (Å²) in [6.45, 7) is 4.66. The molecule has 2 atom stereocenters. The highest BCUT2D eigenvalue weighted by Crippen LogP contribution is 2.24. The molecular weight excluding hydrogens is 190 g/mol. The first-order valence-corrected chi connectivity index (χ1v) is 6.41. The predicted molar refractivity (Wildman–Crippen MR) is 63.6 cm³/mol. The third-order valence-electron chi connectivity index (χ3n) is 2.57.